The van der Waals surface area contributed by atoms with Gasteiger partial charge in [0.1, 0.15) is 10.9 Å². The van der Waals surface area contributed by atoms with Gasteiger partial charge in [0.2, 0.25) is 0 Å². The van der Waals surface area contributed by atoms with Crippen LogP contribution in [0.2, 0.25) is 0 Å². The summed E-state index contributed by atoms with van der Waals surface area (Å²) in [5, 5.41) is 12.4. The Labute approximate surface area is 100 Å². The molecule has 2 fully saturated rings. The number of hydrogen-bond acceptors (Lipinski definition) is 3. The number of nitrogens with zero attached hydrogens (tertiary/aromatic N) is 1. The maximum atomic E-state index is 8.76. The first kappa shape index (κ1) is 10.3. The molecule has 2 saturated carbocycles. The van der Waals surface area contributed by atoms with Crippen LogP contribution in [0.1, 0.15) is 35.4 Å². The molecule has 2 aliphatic rings. The Hall–Kier alpha value is -0.850. The minimum Gasteiger partial charge on any atom is -0.309 e. The van der Waals surface area contributed by atoms with Crippen molar-refractivity contribution in [2.75, 3.05) is 0 Å². The summed E-state index contributed by atoms with van der Waals surface area (Å²) in [5.74, 6) is 1.93. The lowest BCUT2D eigenvalue weighted by Gasteiger charge is -2.22. The quantitative estimate of drug-likeness (QED) is 0.869. The van der Waals surface area contributed by atoms with Crippen LogP contribution >= 0.6 is 11.3 Å². The molecule has 1 heterocycles. The van der Waals surface area contributed by atoms with Gasteiger partial charge in [-0.3, -0.25) is 0 Å². The molecule has 1 aromatic heterocycles. The number of nitriles is 1. The van der Waals surface area contributed by atoms with E-state index < -0.39 is 0 Å². The highest BCUT2D eigenvalue weighted by atomic mass is 32.1. The van der Waals surface area contributed by atoms with E-state index in [2.05, 4.69) is 17.5 Å². The Morgan fingerprint density at radius 2 is 2.31 bits per heavy atom. The Morgan fingerprint density at radius 3 is 2.94 bits per heavy atom. The van der Waals surface area contributed by atoms with Crippen LogP contribution < -0.4 is 5.32 Å². The maximum Gasteiger partial charge on any atom is 0.110 e. The molecule has 1 aromatic rings. The summed E-state index contributed by atoms with van der Waals surface area (Å²) < 4.78 is 0. The Kier molecular flexibility index (Phi) is 2.70. The molecule has 2 bridgehead atoms. The third kappa shape index (κ3) is 1.88. The number of thiophene rings is 1. The van der Waals surface area contributed by atoms with Crippen LogP contribution in [0.15, 0.2) is 12.1 Å². The Morgan fingerprint density at radius 1 is 1.38 bits per heavy atom. The fourth-order valence-electron chi connectivity index (χ4n) is 3.26. The molecule has 1 N–H and O–H groups in total. The van der Waals surface area contributed by atoms with E-state index in [1.165, 1.54) is 30.6 Å². The maximum absolute atomic E-state index is 8.76. The van der Waals surface area contributed by atoms with Gasteiger partial charge in [0.05, 0.1) is 0 Å². The molecule has 3 unspecified atom stereocenters. The molecule has 3 heteroatoms. The van der Waals surface area contributed by atoms with E-state index in [1.807, 2.05) is 6.07 Å². The minimum atomic E-state index is 0.742. The number of hydrogen-bond donors (Lipinski definition) is 1. The van der Waals surface area contributed by atoms with Crippen molar-refractivity contribution in [2.45, 2.75) is 38.3 Å². The van der Waals surface area contributed by atoms with Crippen LogP contribution in [-0.2, 0) is 6.54 Å². The average molecular weight is 232 g/mol. The zero-order valence-corrected chi connectivity index (χ0v) is 10.1. The molecule has 0 saturated heterocycles. The highest BCUT2D eigenvalue weighted by molar-refractivity contribution is 7.12. The van der Waals surface area contributed by atoms with Crippen molar-refractivity contribution in [2.24, 2.45) is 11.8 Å². The predicted octanol–water partition coefficient (Wildman–Crippen LogP) is 2.90. The van der Waals surface area contributed by atoms with Crippen LogP contribution in [0.5, 0.6) is 0 Å². The lowest BCUT2D eigenvalue weighted by atomic mass is 9.95. The fraction of sp³-hybridized carbons (Fsp3) is 0.615. The smallest absolute Gasteiger partial charge is 0.110 e. The molecule has 84 valence electrons. The third-order valence-electron chi connectivity index (χ3n) is 4.05. The minimum absolute atomic E-state index is 0.742. The molecule has 0 spiro atoms. The zero-order valence-electron chi connectivity index (χ0n) is 9.28. The van der Waals surface area contributed by atoms with Gasteiger partial charge in [-0.05, 0) is 43.2 Å². The molecule has 0 radical (unpaired) electrons. The van der Waals surface area contributed by atoms with Gasteiger partial charge in [0.25, 0.3) is 0 Å². The number of fused-ring (bicyclic) bond motifs is 2. The van der Waals surface area contributed by atoms with Gasteiger partial charge in [-0.15, -0.1) is 11.3 Å². The average Bonchev–Trinajstić information content (AvgIpc) is 3.02. The molecule has 16 heavy (non-hydrogen) atoms. The molecular weight excluding hydrogens is 216 g/mol. The second-order valence-electron chi connectivity index (χ2n) is 5.04. The number of rotatable bonds is 3. The molecule has 3 atom stereocenters. The van der Waals surface area contributed by atoms with Gasteiger partial charge < -0.3 is 5.32 Å². The van der Waals surface area contributed by atoms with Gasteiger partial charge in [0, 0.05) is 17.5 Å². The Balaban J connectivity index is 1.55. The monoisotopic (exact) mass is 232 g/mol. The van der Waals surface area contributed by atoms with Crippen molar-refractivity contribution in [1.82, 2.24) is 5.32 Å². The van der Waals surface area contributed by atoms with Crippen LogP contribution in [0.25, 0.3) is 0 Å². The topological polar surface area (TPSA) is 35.8 Å². The largest absolute Gasteiger partial charge is 0.309 e. The standard InChI is InChI=1S/C13H16N2S/c14-7-11-3-4-12(16-11)8-15-13-6-9-1-2-10(13)5-9/h3-4,9-10,13,15H,1-2,5-6,8H2. The molecule has 2 nitrogen and oxygen atoms in total. The van der Waals surface area contributed by atoms with E-state index in [9.17, 15) is 0 Å². The van der Waals surface area contributed by atoms with E-state index in [0.29, 0.717) is 0 Å². The highest BCUT2D eigenvalue weighted by Gasteiger charge is 2.38. The van der Waals surface area contributed by atoms with Crippen LogP contribution in [0, 0.1) is 23.2 Å². The SMILES string of the molecule is N#Cc1ccc(CNC2CC3CCC2C3)s1. The third-order valence-corrected chi connectivity index (χ3v) is 5.04. The second-order valence-corrected chi connectivity index (χ2v) is 6.21. The fourth-order valence-corrected chi connectivity index (χ4v) is 4.02. The second kappa shape index (κ2) is 4.20. The summed E-state index contributed by atoms with van der Waals surface area (Å²) in [5.41, 5.74) is 0. The van der Waals surface area contributed by atoms with E-state index in [4.69, 9.17) is 5.26 Å². The first-order valence-corrected chi connectivity index (χ1v) is 6.89. The van der Waals surface area contributed by atoms with Gasteiger partial charge in [-0.25, -0.2) is 0 Å². The number of nitrogens with one attached hydrogen (secondary N) is 1. The summed E-state index contributed by atoms with van der Waals surface area (Å²) in [6, 6.07) is 6.93. The van der Waals surface area contributed by atoms with Gasteiger partial charge >= 0.3 is 0 Å². The molecule has 2 aliphatic carbocycles. The van der Waals surface area contributed by atoms with E-state index in [0.717, 1.165) is 29.3 Å². The summed E-state index contributed by atoms with van der Waals surface area (Å²) in [6.45, 7) is 0.945. The van der Waals surface area contributed by atoms with Crippen molar-refractivity contribution in [3.05, 3.63) is 21.9 Å². The van der Waals surface area contributed by atoms with Crippen LogP contribution in [0.3, 0.4) is 0 Å². The lowest BCUT2D eigenvalue weighted by molar-refractivity contribution is 0.351. The molecular formula is C13H16N2S. The van der Waals surface area contributed by atoms with Crippen molar-refractivity contribution in [3.63, 3.8) is 0 Å². The van der Waals surface area contributed by atoms with E-state index in [1.54, 1.807) is 11.3 Å². The van der Waals surface area contributed by atoms with Gasteiger partial charge in [0.15, 0.2) is 0 Å². The van der Waals surface area contributed by atoms with Crippen molar-refractivity contribution in [3.8, 4) is 6.07 Å². The zero-order chi connectivity index (χ0) is 11.0. The van der Waals surface area contributed by atoms with Crippen molar-refractivity contribution in [1.29, 1.82) is 5.26 Å². The summed E-state index contributed by atoms with van der Waals surface area (Å²) in [7, 11) is 0. The summed E-state index contributed by atoms with van der Waals surface area (Å²) in [4.78, 5) is 2.11. The first-order valence-electron chi connectivity index (χ1n) is 6.07. The van der Waals surface area contributed by atoms with Crippen LogP contribution in [-0.4, -0.2) is 6.04 Å². The summed E-state index contributed by atoms with van der Waals surface area (Å²) >= 11 is 1.61. The van der Waals surface area contributed by atoms with Crippen molar-refractivity contribution < 1.29 is 0 Å². The van der Waals surface area contributed by atoms with E-state index >= 15 is 0 Å². The van der Waals surface area contributed by atoms with E-state index in [-0.39, 0.29) is 0 Å². The molecule has 0 aliphatic heterocycles. The first-order chi connectivity index (χ1) is 7.85. The van der Waals surface area contributed by atoms with Crippen LogP contribution in [0.4, 0.5) is 0 Å². The molecule has 0 amide bonds. The summed E-state index contributed by atoms with van der Waals surface area (Å²) in [6.07, 6.45) is 5.71. The van der Waals surface area contributed by atoms with Gasteiger partial charge in [-0.2, -0.15) is 5.26 Å². The molecule has 3 rings (SSSR count). The normalized spacial score (nSPS) is 31.8. The highest BCUT2D eigenvalue weighted by Crippen LogP contribution is 2.44. The molecule has 0 aromatic carbocycles. The van der Waals surface area contributed by atoms with Crippen molar-refractivity contribution >= 4 is 11.3 Å². The van der Waals surface area contributed by atoms with Gasteiger partial charge in [-0.1, -0.05) is 6.42 Å². The Bertz CT molecular complexity index is 418. The lowest BCUT2D eigenvalue weighted by Crippen LogP contribution is -2.33. The predicted molar refractivity (Wildman–Crippen MR) is 65.1 cm³/mol.